The van der Waals surface area contributed by atoms with Gasteiger partial charge in [0.05, 0.1) is 0 Å². The van der Waals surface area contributed by atoms with Crippen molar-refractivity contribution in [3.63, 3.8) is 0 Å². The van der Waals surface area contributed by atoms with Crippen LogP contribution < -0.4 is 5.32 Å². The molecule has 1 aliphatic rings. The molecule has 2 amide bonds. The Morgan fingerprint density at radius 2 is 2.08 bits per heavy atom. The van der Waals surface area contributed by atoms with Crippen LogP contribution in [0, 0.1) is 6.92 Å². The first-order chi connectivity index (χ1) is 12.2. The molecule has 0 radical (unpaired) electrons. The molecule has 1 N–H and O–H groups in total. The summed E-state index contributed by atoms with van der Waals surface area (Å²) in [6.45, 7) is 5.15. The van der Waals surface area contributed by atoms with E-state index in [9.17, 15) is 4.79 Å². The van der Waals surface area contributed by atoms with E-state index in [1.165, 1.54) is 11.1 Å². The fraction of sp³-hybridized carbons (Fsp3) is 0.400. The first-order valence-electron chi connectivity index (χ1n) is 8.99. The molecular formula is C20H26N4O. The van der Waals surface area contributed by atoms with Crippen LogP contribution in [-0.2, 0) is 6.54 Å². The van der Waals surface area contributed by atoms with Crippen LogP contribution in [0.1, 0.15) is 30.7 Å². The molecule has 0 aliphatic carbocycles. The Morgan fingerprint density at radius 3 is 2.84 bits per heavy atom. The van der Waals surface area contributed by atoms with Crippen LogP contribution in [0.5, 0.6) is 0 Å². The molecule has 1 aromatic heterocycles. The van der Waals surface area contributed by atoms with Gasteiger partial charge in [0.1, 0.15) is 5.82 Å². The second-order valence-corrected chi connectivity index (χ2v) is 6.41. The van der Waals surface area contributed by atoms with Crippen LogP contribution in [0.4, 0.5) is 4.79 Å². The molecule has 0 fully saturated rings. The minimum Gasteiger partial charge on any atom is -0.338 e. The highest BCUT2D eigenvalue weighted by atomic mass is 16.2. The molecule has 5 nitrogen and oxygen atoms in total. The van der Waals surface area contributed by atoms with Crippen LogP contribution in [-0.4, -0.2) is 40.1 Å². The molecular weight excluding hydrogens is 312 g/mol. The van der Waals surface area contributed by atoms with Gasteiger partial charge in [-0.2, -0.15) is 0 Å². The lowest BCUT2D eigenvalue weighted by Crippen LogP contribution is -2.42. The van der Waals surface area contributed by atoms with Crippen LogP contribution in [0.15, 0.2) is 48.8 Å². The summed E-state index contributed by atoms with van der Waals surface area (Å²) in [7, 11) is 0. The number of aryl methyl sites for hydroxylation is 2. The first kappa shape index (κ1) is 17.3. The zero-order valence-electron chi connectivity index (χ0n) is 14.8. The predicted molar refractivity (Wildman–Crippen MR) is 100 cm³/mol. The van der Waals surface area contributed by atoms with Gasteiger partial charge in [-0.25, -0.2) is 9.78 Å². The van der Waals surface area contributed by atoms with Crippen molar-refractivity contribution in [2.45, 2.75) is 32.7 Å². The highest BCUT2D eigenvalue weighted by Gasteiger charge is 2.18. The Bertz CT molecular complexity index is 720. The van der Waals surface area contributed by atoms with Gasteiger partial charge >= 0.3 is 6.03 Å². The van der Waals surface area contributed by atoms with Crippen molar-refractivity contribution in [2.75, 3.05) is 19.6 Å². The Hall–Kier alpha value is -2.56. The summed E-state index contributed by atoms with van der Waals surface area (Å²) in [5, 5.41) is 3.05. The number of nitrogens with zero attached hydrogens (tertiary/aromatic N) is 3. The molecule has 0 spiro atoms. The van der Waals surface area contributed by atoms with E-state index < -0.39 is 0 Å². The summed E-state index contributed by atoms with van der Waals surface area (Å²) in [6, 6.07) is 10.3. The molecule has 25 heavy (non-hydrogen) atoms. The summed E-state index contributed by atoms with van der Waals surface area (Å²) in [6.07, 6.45) is 8.99. The van der Waals surface area contributed by atoms with Gasteiger partial charge in [0.25, 0.3) is 0 Å². The van der Waals surface area contributed by atoms with Crippen LogP contribution in [0.25, 0.3) is 5.57 Å². The number of nitrogens with one attached hydrogen (secondary N) is 1. The quantitative estimate of drug-likeness (QED) is 0.820. The lowest BCUT2D eigenvalue weighted by molar-refractivity contribution is 0.203. The highest BCUT2D eigenvalue weighted by Crippen LogP contribution is 2.20. The third-order valence-electron chi connectivity index (χ3n) is 4.61. The van der Waals surface area contributed by atoms with Gasteiger partial charge in [-0.15, -0.1) is 0 Å². The van der Waals surface area contributed by atoms with Crippen molar-refractivity contribution in [2.24, 2.45) is 0 Å². The van der Waals surface area contributed by atoms with E-state index in [0.29, 0.717) is 13.1 Å². The number of rotatable bonds is 6. The number of amides is 2. The Morgan fingerprint density at radius 1 is 1.24 bits per heavy atom. The van der Waals surface area contributed by atoms with Crippen molar-refractivity contribution >= 4 is 11.6 Å². The molecule has 1 aliphatic heterocycles. The van der Waals surface area contributed by atoms with E-state index in [4.69, 9.17) is 0 Å². The first-order valence-corrected chi connectivity index (χ1v) is 8.99. The molecule has 2 aromatic rings. The minimum atomic E-state index is 0.0420. The largest absolute Gasteiger partial charge is 0.338 e. The van der Waals surface area contributed by atoms with Gasteiger partial charge in [0, 0.05) is 38.6 Å². The molecule has 0 unspecified atom stereocenters. The Labute approximate surface area is 149 Å². The molecule has 2 heterocycles. The number of benzene rings is 1. The van der Waals surface area contributed by atoms with Crippen LogP contribution >= 0.6 is 0 Å². The maximum absolute atomic E-state index is 12.4. The van der Waals surface area contributed by atoms with Crippen LogP contribution in [0.3, 0.4) is 0 Å². The molecule has 3 rings (SSSR count). The SMILES string of the molecule is Cc1nccn1CCCCNC(=O)N1CCC=C(c2ccccc2)C1. The maximum Gasteiger partial charge on any atom is 0.317 e. The Balaban J connectivity index is 1.40. The van der Waals surface area contributed by atoms with E-state index in [-0.39, 0.29) is 6.03 Å². The zero-order chi connectivity index (χ0) is 17.5. The number of imidazole rings is 1. The van der Waals surface area contributed by atoms with Gasteiger partial charge in [0.2, 0.25) is 0 Å². The average molecular weight is 338 g/mol. The van der Waals surface area contributed by atoms with Gasteiger partial charge in [-0.1, -0.05) is 36.4 Å². The van der Waals surface area contributed by atoms with Gasteiger partial charge in [0.15, 0.2) is 0 Å². The molecule has 1 aromatic carbocycles. The molecule has 5 heteroatoms. The van der Waals surface area contributed by atoms with E-state index >= 15 is 0 Å². The summed E-state index contributed by atoms with van der Waals surface area (Å²) in [4.78, 5) is 18.5. The van der Waals surface area contributed by atoms with E-state index in [2.05, 4.69) is 33.1 Å². The van der Waals surface area contributed by atoms with E-state index in [1.807, 2.05) is 42.4 Å². The fourth-order valence-corrected chi connectivity index (χ4v) is 3.13. The molecule has 0 bridgehead atoms. The zero-order valence-corrected chi connectivity index (χ0v) is 14.8. The summed E-state index contributed by atoms with van der Waals surface area (Å²) in [5.41, 5.74) is 2.44. The fourth-order valence-electron chi connectivity index (χ4n) is 3.13. The predicted octanol–water partition coefficient (Wildman–Crippen LogP) is 3.47. The number of carbonyl (C=O) groups excluding carboxylic acids is 1. The van der Waals surface area contributed by atoms with Crippen molar-refractivity contribution in [3.8, 4) is 0 Å². The number of aromatic nitrogens is 2. The average Bonchev–Trinajstić information content (AvgIpc) is 3.07. The van der Waals surface area contributed by atoms with Crippen molar-refractivity contribution in [1.82, 2.24) is 19.8 Å². The summed E-state index contributed by atoms with van der Waals surface area (Å²) >= 11 is 0. The lowest BCUT2D eigenvalue weighted by atomic mass is 10.0. The number of hydrogen-bond donors (Lipinski definition) is 1. The number of urea groups is 1. The van der Waals surface area contributed by atoms with E-state index in [0.717, 1.165) is 38.2 Å². The number of carbonyl (C=O) groups is 1. The topological polar surface area (TPSA) is 50.2 Å². The third-order valence-corrected chi connectivity index (χ3v) is 4.61. The normalized spacial score (nSPS) is 14.3. The maximum atomic E-state index is 12.4. The molecule has 0 atom stereocenters. The van der Waals surface area contributed by atoms with Crippen molar-refractivity contribution in [1.29, 1.82) is 0 Å². The van der Waals surface area contributed by atoms with Crippen LogP contribution in [0.2, 0.25) is 0 Å². The van der Waals surface area contributed by atoms with Crippen molar-refractivity contribution in [3.05, 3.63) is 60.2 Å². The smallest absolute Gasteiger partial charge is 0.317 e. The molecule has 0 saturated heterocycles. The summed E-state index contributed by atoms with van der Waals surface area (Å²) < 4.78 is 2.14. The lowest BCUT2D eigenvalue weighted by Gasteiger charge is -2.28. The third kappa shape index (κ3) is 4.72. The van der Waals surface area contributed by atoms with Gasteiger partial charge in [-0.05, 0) is 37.3 Å². The number of unbranched alkanes of at least 4 members (excludes halogenated alkanes) is 1. The highest BCUT2D eigenvalue weighted by molar-refractivity contribution is 5.78. The van der Waals surface area contributed by atoms with E-state index in [1.54, 1.807) is 0 Å². The monoisotopic (exact) mass is 338 g/mol. The Kier molecular flexibility index (Phi) is 5.88. The summed E-state index contributed by atoms with van der Waals surface area (Å²) in [5.74, 6) is 1.04. The van der Waals surface area contributed by atoms with Gasteiger partial charge in [-0.3, -0.25) is 0 Å². The second kappa shape index (κ2) is 8.51. The molecule has 0 saturated carbocycles. The molecule has 132 valence electrons. The second-order valence-electron chi connectivity index (χ2n) is 6.41. The van der Waals surface area contributed by atoms with Gasteiger partial charge < -0.3 is 14.8 Å². The van der Waals surface area contributed by atoms with Crippen molar-refractivity contribution < 1.29 is 4.79 Å². The minimum absolute atomic E-state index is 0.0420. The standard InChI is InChI=1S/C20H26N4O/c1-17-21-12-15-23(17)13-6-5-11-22-20(25)24-14-7-10-19(16-24)18-8-3-2-4-9-18/h2-4,8-10,12,15H,5-7,11,13-14,16H2,1H3,(H,22,25). The number of hydrogen-bond acceptors (Lipinski definition) is 2.